The topological polar surface area (TPSA) is 40.6 Å². The molecule has 33 heavy (non-hydrogen) atoms. The molecule has 0 bridgehead atoms. The van der Waals surface area contributed by atoms with Crippen molar-refractivity contribution in [1.82, 2.24) is 4.31 Å². The quantitative estimate of drug-likeness (QED) is 0.394. The number of hydrogen-bond acceptors (Lipinski definition) is 3. The second kappa shape index (κ2) is 10.3. The number of halogens is 1. The Labute approximate surface area is 206 Å². The number of thiocarbonyl (C=S) groups is 1. The maximum atomic E-state index is 13.2. The van der Waals surface area contributed by atoms with Crippen molar-refractivity contribution in [3.05, 3.63) is 95.0 Å². The van der Waals surface area contributed by atoms with Crippen LogP contribution in [0, 0.1) is 0 Å². The van der Waals surface area contributed by atoms with Crippen LogP contribution < -0.4 is 4.90 Å². The molecule has 0 aromatic heterocycles. The van der Waals surface area contributed by atoms with Crippen LogP contribution >= 0.6 is 23.8 Å². The van der Waals surface area contributed by atoms with Gasteiger partial charge >= 0.3 is 0 Å². The Kier molecular flexibility index (Phi) is 7.49. The van der Waals surface area contributed by atoms with Crippen LogP contribution in [-0.2, 0) is 16.4 Å². The van der Waals surface area contributed by atoms with Gasteiger partial charge < -0.3 is 4.90 Å². The number of sulfonamides is 1. The van der Waals surface area contributed by atoms with Crippen LogP contribution in [0.25, 0.3) is 0 Å². The van der Waals surface area contributed by atoms with Crippen molar-refractivity contribution in [1.29, 1.82) is 0 Å². The lowest BCUT2D eigenvalue weighted by Gasteiger charge is -2.39. The van der Waals surface area contributed by atoms with Crippen molar-refractivity contribution >= 4 is 44.5 Å². The number of benzene rings is 3. The smallest absolute Gasteiger partial charge is 0.243 e. The highest BCUT2D eigenvalue weighted by Gasteiger charge is 2.33. The fraction of sp³-hybridized carbons (Fsp3) is 0.269. The monoisotopic (exact) mass is 498 g/mol. The van der Waals surface area contributed by atoms with Gasteiger partial charge in [-0.25, -0.2) is 8.42 Å². The van der Waals surface area contributed by atoms with Gasteiger partial charge in [0.05, 0.1) is 9.92 Å². The Morgan fingerprint density at radius 1 is 0.970 bits per heavy atom. The van der Waals surface area contributed by atoms with Gasteiger partial charge in [-0.3, -0.25) is 0 Å². The van der Waals surface area contributed by atoms with E-state index in [0.717, 1.165) is 23.2 Å². The average molecular weight is 499 g/mol. The molecule has 3 aromatic carbocycles. The Bertz CT molecular complexity index is 1210. The van der Waals surface area contributed by atoms with E-state index in [1.807, 2.05) is 66.7 Å². The molecular formula is C26H27ClN2O2S2. The molecule has 0 unspecified atom stereocenters. The molecule has 172 valence electrons. The van der Waals surface area contributed by atoms with Crippen LogP contribution in [0.5, 0.6) is 0 Å². The molecular weight excluding hydrogens is 472 g/mol. The minimum absolute atomic E-state index is 0.0742. The minimum atomic E-state index is -3.52. The fourth-order valence-electron chi connectivity index (χ4n) is 4.23. The second-order valence-corrected chi connectivity index (χ2v) is 10.9. The van der Waals surface area contributed by atoms with Gasteiger partial charge in [0.2, 0.25) is 10.0 Å². The van der Waals surface area contributed by atoms with E-state index in [9.17, 15) is 8.42 Å². The number of rotatable bonds is 6. The lowest BCUT2D eigenvalue weighted by Crippen LogP contribution is -2.48. The number of anilines is 1. The number of piperidine rings is 1. The summed E-state index contributed by atoms with van der Waals surface area (Å²) in [6, 6.07) is 24.9. The summed E-state index contributed by atoms with van der Waals surface area (Å²) in [6.07, 6.45) is 2.23. The van der Waals surface area contributed by atoms with E-state index in [-0.39, 0.29) is 6.04 Å². The third kappa shape index (κ3) is 5.14. The number of nitrogens with zero attached hydrogens (tertiary/aromatic N) is 2. The Balaban J connectivity index is 1.56. The first-order valence-corrected chi connectivity index (χ1v) is 13.4. The van der Waals surface area contributed by atoms with E-state index in [1.165, 1.54) is 0 Å². The van der Waals surface area contributed by atoms with Crippen molar-refractivity contribution in [3.8, 4) is 0 Å². The first-order valence-electron chi connectivity index (χ1n) is 11.1. The van der Waals surface area contributed by atoms with Crippen LogP contribution in [-0.4, -0.2) is 36.8 Å². The number of hydrogen-bond donors (Lipinski definition) is 0. The number of para-hydroxylation sites is 1. The zero-order valence-corrected chi connectivity index (χ0v) is 20.9. The first-order chi connectivity index (χ1) is 15.9. The standard InChI is InChI=1S/C26H27ClN2O2S2/c1-2-20-12-14-23(15-13-20)33(30,31)28-18-16-22(17-19-28)29(21-8-4-3-5-9-21)26(32)24-10-6-7-11-25(24)27/h3-15,22H,2,16-19H2,1H3. The van der Waals surface area contributed by atoms with E-state index in [0.29, 0.717) is 40.8 Å². The molecule has 0 N–H and O–H groups in total. The van der Waals surface area contributed by atoms with E-state index in [4.69, 9.17) is 23.8 Å². The largest absolute Gasteiger partial charge is 0.329 e. The molecule has 7 heteroatoms. The maximum absolute atomic E-state index is 13.2. The summed E-state index contributed by atoms with van der Waals surface area (Å²) in [7, 11) is -3.52. The first kappa shape index (κ1) is 23.9. The van der Waals surface area contributed by atoms with Gasteiger partial charge in [0.25, 0.3) is 0 Å². The van der Waals surface area contributed by atoms with Crippen molar-refractivity contribution < 1.29 is 8.42 Å². The van der Waals surface area contributed by atoms with E-state index < -0.39 is 10.0 Å². The lowest BCUT2D eigenvalue weighted by molar-refractivity contribution is 0.320. The van der Waals surface area contributed by atoms with Crippen LogP contribution in [0.2, 0.25) is 5.02 Å². The molecule has 0 atom stereocenters. The molecule has 1 aliphatic heterocycles. The van der Waals surface area contributed by atoms with Crippen LogP contribution in [0.1, 0.15) is 30.9 Å². The van der Waals surface area contributed by atoms with Crippen molar-refractivity contribution in [2.45, 2.75) is 37.1 Å². The van der Waals surface area contributed by atoms with E-state index in [2.05, 4.69) is 11.8 Å². The van der Waals surface area contributed by atoms with Gasteiger partial charge in [-0.05, 0) is 55.2 Å². The molecule has 0 saturated carbocycles. The average Bonchev–Trinajstić information content (AvgIpc) is 2.85. The summed E-state index contributed by atoms with van der Waals surface area (Å²) in [6.45, 7) is 2.94. The Hall–Kier alpha value is -2.25. The van der Waals surface area contributed by atoms with E-state index in [1.54, 1.807) is 16.4 Å². The Morgan fingerprint density at radius 2 is 1.58 bits per heavy atom. The van der Waals surface area contributed by atoms with Crippen LogP contribution in [0.3, 0.4) is 0 Å². The molecule has 0 amide bonds. The third-order valence-corrected chi connectivity index (χ3v) is 8.77. The van der Waals surface area contributed by atoms with Gasteiger partial charge in [-0.15, -0.1) is 0 Å². The van der Waals surface area contributed by atoms with Gasteiger partial charge in [0.1, 0.15) is 4.99 Å². The molecule has 4 rings (SSSR count). The van der Waals surface area contributed by atoms with Crippen molar-refractivity contribution in [3.63, 3.8) is 0 Å². The lowest BCUT2D eigenvalue weighted by atomic mass is 10.0. The Morgan fingerprint density at radius 3 is 2.18 bits per heavy atom. The van der Waals surface area contributed by atoms with Crippen LogP contribution in [0.4, 0.5) is 5.69 Å². The summed E-state index contributed by atoms with van der Waals surface area (Å²) < 4.78 is 28.0. The molecule has 4 nitrogen and oxygen atoms in total. The van der Waals surface area contributed by atoms with Crippen LogP contribution in [0.15, 0.2) is 83.8 Å². The summed E-state index contributed by atoms with van der Waals surface area (Å²) in [5.41, 5.74) is 2.92. The zero-order valence-electron chi connectivity index (χ0n) is 18.5. The van der Waals surface area contributed by atoms with Crippen molar-refractivity contribution in [2.75, 3.05) is 18.0 Å². The van der Waals surface area contributed by atoms with Gasteiger partial charge in [0.15, 0.2) is 0 Å². The molecule has 1 saturated heterocycles. The van der Waals surface area contributed by atoms with Gasteiger partial charge in [-0.1, -0.05) is 79.3 Å². The fourth-order valence-corrected chi connectivity index (χ4v) is 6.42. The summed E-state index contributed by atoms with van der Waals surface area (Å²) >= 11 is 12.4. The summed E-state index contributed by atoms with van der Waals surface area (Å²) in [5.74, 6) is 0. The summed E-state index contributed by atoms with van der Waals surface area (Å²) in [4.78, 5) is 3.14. The minimum Gasteiger partial charge on any atom is -0.329 e. The van der Waals surface area contributed by atoms with Gasteiger partial charge in [0, 0.05) is 30.4 Å². The molecule has 1 aliphatic rings. The number of aryl methyl sites for hydroxylation is 1. The third-order valence-electron chi connectivity index (χ3n) is 6.12. The van der Waals surface area contributed by atoms with E-state index >= 15 is 0 Å². The van der Waals surface area contributed by atoms with Crippen molar-refractivity contribution in [2.24, 2.45) is 0 Å². The zero-order chi connectivity index (χ0) is 23.4. The maximum Gasteiger partial charge on any atom is 0.243 e. The SMILES string of the molecule is CCc1ccc(S(=O)(=O)N2CCC(N(C(=S)c3ccccc3Cl)c3ccccc3)CC2)cc1. The molecule has 3 aromatic rings. The highest BCUT2D eigenvalue weighted by atomic mass is 35.5. The highest BCUT2D eigenvalue weighted by Crippen LogP contribution is 2.30. The predicted octanol–water partition coefficient (Wildman–Crippen LogP) is 5.94. The molecule has 0 radical (unpaired) electrons. The van der Waals surface area contributed by atoms with Gasteiger partial charge in [-0.2, -0.15) is 4.31 Å². The second-order valence-electron chi connectivity index (χ2n) is 8.12. The molecule has 1 fully saturated rings. The normalized spacial score (nSPS) is 15.3. The molecule has 0 aliphatic carbocycles. The highest BCUT2D eigenvalue weighted by molar-refractivity contribution is 7.89. The predicted molar refractivity (Wildman–Crippen MR) is 140 cm³/mol. The molecule has 0 spiro atoms. The summed E-state index contributed by atoms with van der Waals surface area (Å²) in [5, 5.41) is 0.610. The molecule has 1 heterocycles.